The zero-order valence-electron chi connectivity index (χ0n) is 16.0. The van der Waals surface area contributed by atoms with Crippen molar-refractivity contribution in [3.63, 3.8) is 0 Å². The van der Waals surface area contributed by atoms with Crippen molar-refractivity contribution in [1.82, 2.24) is 15.0 Å². The molecule has 3 rings (SSSR count). The molecule has 0 atom stereocenters. The van der Waals surface area contributed by atoms with Crippen molar-refractivity contribution in [3.05, 3.63) is 67.0 Å². The fourth-order valence-corrected chi connectivity index (χ4v) is 2.75. The topological polar surface area (TPSA) is 94.4 Å². The number of benzene rings is 2. The number of hydrogen-bond acceptors (Lipinski definition) is 7. The summed E-state index contributed by atoms with van der Waals surface area (Å²) in [5, 5.41) is 10.4. The molecule has 29 heavy (non-hydrogen) atoms. The van der Waals surface area contributed by atoms with E-state index >= 15 is 0 Å². The van der Waals surface area contributed by atoms with Gasteiger partial charge in [0.15, 0.2) is 11.6 Å². The van der Waals surface area contributed by atoms with Crippen molar-refractivity contribution in [2.24, 2.45) is 0 Å². The van der Waals surface area contributed by atoms with Crippen LogP contribution in [0.25, 0.3) is 22.8 Å². The van der Waals surface area contributed by atoms with Crippen LogP contribution in [-0.4, -0.2) is 39.2 Å². The second kappa shape index (κ2) is 9.45. The van der Waals surface area contributed by atoms with Crippen LogP contribution in [0.5, 0.6) is 11.5 Å². The molecule has 0 bridgehead atoms. The summed E-state index contributed by atoms with van der Waals surface area (Å²) in [6.45, 7) is 5.63. The number of carbonyl (C=O) groups excluding carboxylic acids is 1. The highest BCUT2D eigenvalue weighted by molar-refractivity contribution is 5.81. The summed E-state index contributed by atoms with van der Waals surface area (Å²) in [4.78, 5) is 24.0. The Bertz CT molecular complexity index is 1020. The van der Waals surface area contributed by atoms with E-state index in [9.17, 15) is 9.90 Å². The van der Waals surface area contributed by atoms with Crippen molar-refractivity contribution in [1.29, 1.82) is 0 Å². The third-order valence-corrected chi connectivity index (χ3v) is 4.18. The van der Waals surface area contributed by atoms with E-state index in [0.29, 0.717) is 23.0 Å². The molecule has 7 heteroatoms. The Kier molecular flexibility index (Phi) is 6.52. The second-order valence-electron chi connectivity index (χ2n) is 6.04. The van der Waals surface area contributed by atoms with Gasteiger partial charge in [0.25, 0.3) is 0 Å². The monoisotopic (exact) mass is 391 g/mol. The van der Waals surface area contributed by atoms with Gasteiger partial charge in [0.05, 0.1) is 5.56 Å². The lowest BCUT2D eigenvalue weighted by molar-refractivity contribution is -0.138. The molecule has 1 heterocycles. The van der Waals surface area contributed by atoms with E-state index in [1.807, 2.05) is 24.3 Å². The number of aryl methyl sites for hydroxylation is 1. The SMILES string of the molecule is C=CC(=O)OCCOc1ccc(-c2ncnc(-c3ccccc3CC)n2)c(O)c1. The fourth-order valence-electron chi connectivity index (χ4n) is 2.75. The number of carbonyl (C=O) groups is 1. The number of rotatable bonds is 8. The lowest BCUT2D eigenvalue weighted by Gasteiger charge is -2.10. The molecule has 7 nitrogen and oxygen atoms in total. The summed E-state index contributed by atoms with van der Waals surface area (Å²) >= 11 is 0. The zero-order valence-corrected chi connectivity index (χ0v) is 16.0. The molecule has 0 unspecified atom stereocenters. The van der Waals surface area contributed by atoms with Gasteiger partial charge in [-0.15, -0.1) is 0 Å². The van der Waals surface area contributed by atoms with Crippen LogP contribution in [0.2, 0.25) is 0 Å². The van der Waals surface area contributed by atoms with Crippen LogP contribution < -0.4 is 4.74 Å². The smallest absolute Gasteiger partial charge is 0.330 e. The number of hydrogen-bond donors (Lipinski definition) is 1. The van der Waals surface area contributed by atoms with Gasteiger partial charge in [-0.2, -0.15) is 0 Å². The quantitative estimate of drug-likeness (QED) is 0.356. The molecule has 0 amide bonds. The van der Waals surface area contributed by atoms with Gasteiger partial charge in [0.1, 0.15) is 31.0 Å². The van der Waals surface area contributed by atoms with E-state index in [-0.39, 0.29) is 19.0 Å². The predicted octanol–water partition coefficient (Wildman–Crippen LogP) is 3.58. The molecule has 2 aromatic carbocycles. The summed E-state index contributed by atoms with van der Waals surface area (Å²) in [6, 6.07) is 12.7. The minimum Gasteiger partial charge on any atom is -0.507 e. The standard InChI is InChI=1S/C22H21N3O4/c1-3-15-7-5-6-8-17(15)21-23-14-24-22(25-21)18-10-9-16(13-19(18)26)28-11-12-29-20(27)4-2/h4-10,13-14,26H,2-3,11-12H2,1H3. The maximum absolute atomic E-state index is 11.0. The maximum Gasteiger partial charge on any atom is 0.330 e. The number of esters is 1. The minimum absolute atomic E-state index is 0.0217. The molecule has 0 saturated carbocycles. The highest BCUT2D eigenvalue weighted by Crippen LogP contribution is 2.31. The van der Waals surface area contributed by atoms with Gasteiger partial charge in [-0.25, -0.2) is 19.7 Å². The average Bonchev–Trinajstić information content (AvgIpc) is 2.76. The fraction of sp³-hybridized carbons (Fsp3) is 0.182. The molecule has 0 fully saturated rings. The Balaban J connectivity index is 1.77. The molecule has 1 N–H and O–H groups in total. The number of phenolic OH excluding ortho intramolecular Hbond substituents is 1. The van der Waals surface area contributed by atoms with Crippen LogP contribution in [0.3, 0.4) is 0 Å². The van der Waals surface area contributed by atoms with Crippen LogP contribution in [0.1, 0.15) is 12.5 Å². The van der Waals surface area contributed by atoms with Crippen LogP contribution in [0.4, 0.5) is 0 Å². The minimum atomic E-state index is -0.512. The molecule has 148 valence electrons. The Morgan fingerprint density at radius 1 is 1.10 bits per heavy atom. The first kappa shape index (κ1) is 20.0. The molecule has 0 saturated heterocycles. The molecule has 1 aromatic heterocycles. The largest absolute Gasteiger partial charge is 0.507 e. The highest BCUT2D eigenvalue weighted by atomic mass is 16.6. The lowest BCUT2D eigenvalue weighted by Crippen LogP contribution is -2.10. The van der Waals surface area contributed by atoms with Crippen molar-refractivity contribution >= 4 is 5.97 Å². The van der Waals surface area contributed by atoms with E-state index in [1.165, 1.54) is 12.4 Å². The van der Waals surface area contributed by atoms with Crippen molar-refractivity contribution < 1.29 is 19.4 Å². The van der Waals surface area contributed by atoms with E-state index in [0.717, 1.165) is 23.6 Å². The molecule has 0 radical (unpaired) electrons. The molecular formula is C22H21N3O4. The Labute approximate surface area is 168 Å². The van der Waals surface area contributed by atoms with Crippen molar-refractivity contribution in [2.45, 2.75) is 13.3 Å². The summed E-state index contributed by atoms with van der Waals surface area (Å²) in [5.41, 5.74) is 2.54. The first-order chi connectivity index (χ1) is 14.1. The summed E-state index contributed by atoms with van der Waals surface area (Å²) in [5.74, 6) is 0.821. The van der Waals surface area contributed by atoms with Gasteiger partial charge in [0.2, 0.25) is 0 Å². The van der Waals surface area contributed by atoms with Gasteiger partial charge in [-0.05, 0) is 24.1 Å². The van der Waals surface area contributed by atoms with Crippen molar-refractivity contribution in [2.75, 3.05) is 13.2 Å². The number of ether oxygens (including phenoxy) is 2. The molecule has 0 spiro atoms. The number of phenols is 1. The Morgan fingerprint density at radius 2 is 1.86 bits per heavy atom. The normalized spacial score (nSPS) is 10.4. The zero-order chi connectivity index (χ0) is 20.6. The molecule has 0 aliphatic rings. The van der Waals surface area contributed by atoms with E-state index < -0.39 is 5.97 Å². The number of aromatic hydroxyl groups is 1. The third kappa shape index (κ3) is 4.95. The molecule has 0 aliphatic heterocycles. The number of aromatic nitrogens is 3. The van der Waals surface area contributed by atoms with Crippen LogP contribution in [0.15, 0.2) is 61.4 Å². The van der Waals surface area contributed by atoms with Gasteiger partial charge in [0, 0.05) is 17.7 Å². The highest BCUT2D eigenvalue weighted by Gasteiger charge is 2.13. The maximum atomic E-state index is 11.0. The van der Waals surface area contributed by atoms with Crippen LogP contribution in [-0.2, 0) is 16.0 Å². The van der Waals surface area contributed by atoms with Crippen LogP contribution in [0, 0.1) is 0 Å². The van der Waals surface area contributed by atoms with Gasteiger partial charge < -0.3 is 14.6 Å². The van der Waals surface area contributed by atoms with E-state index in [2.05, 4.69) is 28.5 Å². The Hall–Kier alpha value is -3.74. The van der Waals surface area contributed by atoms with Crippen molar-refractivity contribution in [3.8, 4) is 34.3 Å². The predicted molar refractivity (Wildman–Crippen MR) is 108 cm³/mol. The van der Waals surface area contributed by atoms with Gasteiger partial charge in [-0.1, -0.05) is 37.8 Å². The summed E-state index contributed by atoms with van der Waals surface area (Å²) < 4.78 is 10.3. The number of nitrogens with zero attached hydrogens (tertiary/aromatic N) is 3. The summed E-state index contributed by atoms with van der Waals surface area (Å²) in [6.07, 6.45) is 3.38. The van der Waals surface area contributed by atoms with Gasteiger partial charge >= 0.3 is 5.97 Å². The molecule has 3 aromatic rings. The first-order valence-electron chi connectivity index (χ1n) is 9.15. The third-order valence-electron chi connectivity index (χ3n) is 4.18. The van der Waals surface area contributed by atoms with Gasteiger partial charge in [-0.3, -0.25) is 0 Å². The first-order valence-corrected chi connectivity index (χ1v) is 9.15. The Morgan fingerprint density at radius 3 is 2.59 bits per heavy atom. The molecular weight excluding hydrogens is 370 g/mol. The summed E-state index contributed by atoms with van der Waals surface area (Å²) in [7, 11) is 0. The average molecular weight is 391 g/mol. The van der Waals surface area contributed by atoms with Crippen LogP contribution >= 0.6 is 0 Å². The molecule has 0 aliphatic carbocycles. The van der Waals surface area contributed by atoms with E-state index in [1.54, 1.807) is 12.1 Å². The second-order valence-corrected chi connectivity index (χ2v) is 6.04. The van der Waals surface area contributed by atoms with E-state index in [4.69, 9.17) is 9.47 Å². The lowest BCUT2D eigenvalue weighted by atomic mass is 10.0.